The number of hydrogen-bond acceptors (Lipinski definition) is 3. The van der Waals surface area contributed by atoms with Gasteiger partial charge < -0.3 is 10.5 Å². The fourth-order valence-electron chi connectivity index (χ4n) is 1.34. The van der Waals surface area contributed by atoms with Crippen molar-refractivity contribution in [2.75, 3.05) is 5.73 Å². The third-order valence-corrected chi connectivity index (χ3v) is 2.86. The molecular formula is C12H9Cl2FN2O. The summed E-state index contributed by atoms with van der Waals surface area (Å²) in [7, 11) is 0. The van der Waals surface area contributed by atoms with Crippen LogP contribution in [0.4, 0.5) is 10.2 Å². The summed E-state index contributed by atoms with van der Waals surface area (Å²) in [5, 5.41) is 0.408. The van der Waals surface area contributed by atoms with E-state index in [-0.39, 0.29) is 17.4 Å². The molecule has 0 saturated carbocycles. The first-order chi connectivity index (χ1) is 8.58. The average molecular weight is 287 g/mol. The molecular weight excluding hydrogens is 278 g/mol. The molecule has 0 bridgehead atoms. The van der Waals surface area contributed by atoms with Gasteiger partial charge in [0, 0.05) is 0 Å². The number of nitrogens with zero attached hydrogens (tertiary/aromatic N) is 1. The van der Waals surface area contributed by atoms with Crippen molar-refractivity contribution in [1.29, 1.82) is 0 Å². The van der Waals surface area contributed by atoms with Gasteiger partial charge in [0.25, 0.3) is 0 Å². The van der Waals surface area contributed by atoms with Gasteiger partial charge >= 0.3 is 0 Å². The minimum absolute atomic E-state index is 0.000804. The van der Waals surface area contributed by atoms with Gasteiger partial charge in [-0.25, -0.2) is 9.37 Å². The Morgan fingerprint density at radius 3 is 2.72 bits per heavy atom. The quantitative estimate of drug-likeness (QED) is 0.936. The second-order valence-electron chi connectivity index (χ2n) is 3.51. The van der Waals surface area contributed by atoms with Crippen LogP contribution in [-0.2, 0) is 6.61 Å². The molecule has 0 amide bonds. The van der Waals surface area contributed by atoms with E-state index in [4.69, 9.17) is 33.7 Å². The summed E-state index contributed by atoms with van der Waals surface area (Å²) in [5.74, 6) is -0.244. The number of halogens is 3. The van der Waals surface area contributed by atoms with E-state index < -0.39 is 5.82 Å². The van der Waals surface area contributed by atoms with Gasteiger partial charge in [-0.15, -0.1) is 0 Å². The van der Waals surface area contributed by atoms with Crippen molar-refractivity contribution >= 4 is 29.0 Å². The second-order valence-corrected chi connectivity index (χ2v) is 4.32. The van der Waals surface area contributed by atoms with Crippen LogP contribution in [0.1, 0.15) is 5.69 Å². The summed E-state index contributed by atoms with van der Waals surface area (Å²) in [4.78, 5) is 4.01. The lowest BCUT2D eigenvalue weighted by Gasteiger charge is -2.09. The van der Waals surface area contributed by atoms with Crippen LogP contribution in [-0.4, -0.2) is 4.98 Å². The Morgan fingerprint density at radius 1 is 1.17 bits per heavy atom. The zero-order valence-corrected chi connectivity index (χ0v) is 10.7. The molecule has 18 heavy (non-hydrogen) atoms. The number of anilines is 1. The predicted molar refractivity (Wildman–Crippen MR) is 69.4 cm³/mol. The topological polar surface area (TPSA) is 48.1 Å². The number of benzene rings is 1. The zero-order valence-electron chi connectivity index (χ0n) is 9.16. The van der Waals surface area contributed by atoms with Crippen molar-refractivity contribution in [3.05, 3.63) is 51.9 Å². The van der Waals surface area contributed by atoms with E-state index >= 15 is 0 Å². The van der Waals surface area contributed by atoms with E-state index in [1.807, 2.05) is 0 Å². The molecule has 0 aliphatic carbocycles. The van der Waals surface area contributed by atoms with Crippen LogP contribution in [0.3, 0.4) is 0 Å². The number of ether oxygens (including phenoxy) is 1. The molecule has 1 aromatic heterocycles. The van der Waals surface area contributed by atoms with Gasteiger partial charge in [0.15, 0.2) is 11.6 Å². The van der Waals surface area contributed by atoms with Gasteiger partial charge in [-0.05, 0) is 24.3 Å². The fraction of sp³-hybridized carbons (Fsp3) is 0.0833. The largest absolute Gasteiger partial charge is 0.484 e. The molecule has 0 radical (unpaired) electrons. The molecule has 6 heteroatoms. The Morgan fingerprint density at radius 2 is 1.94 bits per heavy atom. The van der Waals surface area contributed by atoms with Gasteiger partial charge in [-0.3, -0.25) is 0 Å². The molecule has 94 valence electrons. The molecule has 1 heterocycles. The Balaban J connectivity index is 2.16. The van der Waals surface area contributed by atoms with Gasteiger partial charge in [0.1, 0.15) is 12.4 Å². The zero-order chi connectivity index (χ0) is 13.1. The normalized spacial score (nSPS) is 10.4. The number of aromatic nitrogens is 1. The molecule has 0 aliphatic heterocycles. The van der Waals surface area contributed by atoms with Crippen LogP contribution in [0.5, 0.6) is 5.75 Å². The number of rotatable bonds is 3. The lowest BCUT2D eigenvalue weighted by atomic mass is 10.3. The SMILES string of the molecule is Nc1ccc(Cl)c(COc2cccc(Cl)c2F)n1. The van der Waals surface area contributed by atoms with Crippen LogP contribution >= 0.6 is 23.2 Å². The smallest absolute Gasteiger partial charge is 0.183 e. The van der Waals surface area contributed by atoms with E-state index in [9.17, 15) is 4.39 Å². The Kier molecular flexibility index (Phi) is 3.89. The molecule has 0 aliphatic rings. The molecule has 1 aromatic carbocycles. The molecule has 0 saturated heterocycles. The van der Waals surface area contributed by atoms with Crippen molar-refractivity contribution in [2.24, 2.45) is 0 Å². The molecule has 0 unspecified atom stereocenters. The van der Waals surface area contributed by atoms with E-state index in [1.165, 1.54) is 12.1 Å². The highest BCUT2D eigenvalue weighted by molar-refractivity contribution is 6.31. The van der Waals surface area contributed by atoms with Crippen LogP contribution in [0.25, 0.3) is 0 Å². The lowest BCUT2D eigenvalue weighted by molar-refractivity contribution is 0.286. The van der Waals surface area contributed by atoms with Gasteiger partial charge in [-0.1, -0.05) is 29.3 Å². The van der Waals surface area contributed by atoms with Crippen molar-refractivity contribution in [3.63, 3.8) is 0 Å². The standard InChI is InChI=1S/C12H9Cl2FN2O/c13-7-4-5-11(16)17-9(7)6-18-10-3-1-2-8(14)12(10)15/h1-5H,6H2,(H2,16,17). The van der Waals surface area contributed by atoms with Crippen molar-refractivity contribution in [1.82, 2.24) is 4.98 Å². The maximum Gasteiger partial charge on any atom is 0.183 e. The third-order valence-electron chi connectivity index (χ3n) is 2.22. The van der Waals surface area contributed by atoms with Crippen molar-refractivity contribution < 1.29 is 9.13 Å². The fourth-order valence-corrected chi connectivity index (χ4v) is 1.67. The first-order valence-electron chi connectivity index (χ1n) is 5.05. The Bertz CT molecular complexity index is 576. The number of hydrogen-bond donors (Lipinski definition) is 1. The molecule has 2 N–H and O–H groups in total. The maximum atomic E-state index is 13.5. The first-order valence-corrected chi connectivity index (χ1v) is 5.81. The third kappa shape index (κ3) is 2.83. The minimum atomic E-state index is -0.612. The van der Waals surface area contributed by atoms with E-state index in [0.717, 1.165) is 0 Å². The highest BCUT2D eigenvalue weighted by Gasteiger charge is 2.09. The molecule has 0 fully saturated rings. The first kappa shape index (κ1) is 12.9. The number of pyridine rings is 1. The molecule has 2 aromatic rings. The van der Waals surface area contributed by atoms with Gasteiger partial charge in [-0.2, -0.15) is 0 Å². The van der Waals surface area contributed by atoms with Crippen LogP contribution in [0.2, 0.25) is 10.0 Å². The summed E-state index contributed by atoms with van der Waals surface area (Å²) >= 11 is 11.6. The van der Waals surface area contributed by atoms with Crippen LogP contribution in [0.15, 0.2) is 30.3 Å². The molecule has 0 atom stereocenters. The summed E-state index contributed by atoms with van der Waals surface area (Å²) < 4.78 is 18.8. The number of nitrogens with two attached hydrogens (primary N) is 1. The molecule has 3 nitrogen and oxygen atoms in total. The summed E-state index contributed by atoms with van der Waals surface area (Å²) in [5.41, 5.74) is 5.97. The van der Waals surface area contributed by atoms with E-state index in [0.29, 0.717) is 16.5 Å². The van der Waals surface area contributed by atoms with Crippen molar-refractivity contribution in [3.8, 4) is 5.75 Å². The monoisotopic (exact) mass is 286 g/mol. The van der Waals surface area contributed by atoms with E-state index in [1.54, 1.807) is 18.2 Å². The van der Waals surface area contributed by atoms with Crippen molar-refractivity contribution in [2.45, 2.75) is 6.61 Å². The molecule has 2 rings (SSSR count). The predicted octanol–water partition coefficient (Wildman–Crippen LogP) is 3.69. The maximum absolute atomic E-state index is 13.5. The Hall–Kier alpha value is -1.52. The highest BCUT2D eigenvalue weighted by Crippen LogP contribution is 2.25. The summed E-state index contributed by atoms with van der Waals surface area (Å²) in [6.07, 6.45) is 0. The molecule has 0 spiro atoms. The highest BCUT2D eigenvalue weighted by atomic mass is 35.5. The Labute approximate surface area is 113 Å². The number of nitrogen functional groups attached to an aromatic ring is 1. The van der Waals surface area contributed by atoms with Crippen LogP contribution < -0.4 is 10.5 Å². The average Bonchev–Trinajstić information content (AvgIpc) is 2.35. The van der Waals surface area contributed by atoms with Gasteiger partial charge in [0.2, 0.25) is 0 Å². The second kappa shape index (κ2) is 5.42. The van der Waals surface area contributed by atoms with Crippen LogP contribution in [0, 0.1) is 5.82 Å². The van der Waals surface area contributed by atoms with E-state index in [2.05, 4.69) is 4.98 Å². The summed E-state index contributed by atoms with van der Waals surface area (Å²) in [6, 6.07) is 7.69. The minimum Gasteiger partial charge on any atom is -0.484 e. The van der Waals surface area contributed by atoms with Gasteiger partial charge in [0.05, 0.1) is 15.7 Å². The lowest BCUT2D eigenvalue weighted by Crippen LogP contribution is -2.02. The summed E-state index contributed by atoms with van der Waals surface area (Å²) in [6.45, 7) is 0.0150.